The Balaban J connectivity index is 2.07. The van der Waals surface area contributed by atoms with Crippen molar-refractivity contribution in [2.45, 2.75) is 6.92 Å². The van der Waals surface area contributed by atoms with Gasteiger partial charge in [-0.15, -0.1) is 0 Å². The molecule has 136 valence electrons. The molecule has 0 saturated carbocycles. The van der Waals surface area contributed by atoms with Gasteiger partial charge >= 0.3 is 5.97 Å². The van der Waals surface area contributed by atoms with E-state index in [9.17, 15) is 10.0 Å². The number of aromatic nitrogens is 2. The van der Waals surface area contributed by atoms with Gasteiger partial charge in [-0.05, 0) is 19.1 Å². The molecule has 1 heterocycles. The lowest BCUT2D eigenvalue weighted by Gasteiger charge is -2.08. The Morgan fingerprint density at radius 2 is 1.89 bits per heavy atom. The molecule has 0 atom stereocenters. The summed E-state index contributed by atoms with van der Waals surface area (Å²) in [5.74, 6) is -0.188. The number of rotatable bonds is 5. The summed E-state index contributed by atoms with van der Waals surface area (Å²) in [7, 11) is 0. The van der Waals surface area contributed by atoms with Gasteiger partial charge in [-0.3, -0.25) is 0 Å². The maximum atomic E-state index is 12.5. The summed E-state index contributed by atoms with van der Waals surface area (Å²) in [6.45, 7) is 1.91. The number of carbonyl (C=O) groups is 1. The zero-order valence-corrected chi connectivity index (χ0v) is 15.3. The van der Waals surface area contributed by atoms with Crippen molar-refractivity contribution in [3.63, 3.8) is 0 Å². The van der Waals surface area contributed by atoms with E-state index in [0.29, 0.717) is 21.3 Å². The second-order valence-electron chi connectivity index (χ2n) is 5.51. The minimum atomic E-state index is -0.590. The van der Waals surface area contributed by atoms with E-state index in [1.165, 1.54) is 12.4 Å². The molecule has 27 heavy (non-hydrogen) atoms. The van der Waals surface area contributed by atoms with Crippen LogP contribution in [0.25, 0.3) is 11.4 Å². The summed E-state index contributed by atoms with van der Waals surface area (Å²) < 4.78 is 5.66. The molecule has 0 saturated heterocycles. The molecule has 0 amide bonds. The minimum Gasteiger partial charge on any atom is -0.618 e. The van der Waals surface area contributed by atoms with Gasteiger partial charge in [0.15, 0.2) is 5.82 Å². The molecule has 0 aliphatic rings. The van der Waals surface area contributed by atoms with Crippen LogP contribution in [0, 0.1) is 5.21 Å². The van der Waals surface area contributed by atoms with E-state index in [1.807, 2.05) is 30.3 Å². The van der Waals surface area contributed by atoms with Gasteiger partial charge in [-0.2, -0.15) is 4.74 Å². The third-order valence-corrected chi connectivity index (χ3v) is 3.92. The van der Waals surface area contributed by atoms with Crippen LogP contribution >= 0.6 is 11.6 Å². The molecule has 0 radical (unpaired) electrons. The molecule has 0 unspecified atom stereocenters. The molecule has 0 aliphatic heterocycles. The molecular formula is C20H16ClN3O3. The fourth-order valence-corrected chi connectivity index (χ4v) is 2.49. The summed E-state index contributed by atoms with van der Waals surface area (Å²) in [6.07, 6.45) is 2.60. The highest BCUT2D eigenvalue weighted by Crippen LogP contribution is 2.18. The van der Waals surface area contributed by atoms with E-state index in [0.717, 1.165) is 5.56 Å². The van der Waals surface area contributed by atoms with Crippen molar-refractivity contribution >= 4 is 29.5 Å². The van der Waals surface area contributed by atoms with Crippen LogP contribution in [-0.2, 0) is 4.74 Å². The quantitative estimate of drug-likeness (QED) is 0.217. The van der Waals surface area contributed by atoms with E-state index in [1.54, 1.807) is 31.2 Å². The molecule has 3 rings (SSSR count). The zero-order valence-electron chi connectivity index (χ0n) is 14.5. The Hall–Kier alpha value is -3.25. The number of esters is 1. The highest BCUT2D eigenvalue weighted by Gasteiger charge is 2.18. The number of hydrogen-bond donors (Lipinski definition) is 0. The van der Waals surface area contributed by atoms with Crippen LogP contribution in [-0.4, -0.2) is 33.5 Å². The van der Waals surface area contributed by atoms with Crippen LogP contribution < -0.4 is 0 Å². The third kappa shape index (κ3) is 4.48. The Labute approximate surface area is 161 Å². The van der Waals surface area contributed by atoms with Crippen molar-refractivity contribution in [2.24, 2.45) is 0 Å². The van der Waals surface area contributed by atoms with Gasteiger partial charge in [0, 0.05) is 28.9 Å². The lowest BCUT2D eigenvalue weighted by atomic mass is 10.2. The maximum Gasteiger partial charge on any atom is 0.342 e. The fourth-order valence-electron chi connectivity index (χ4n) is 2.36. The van der Waals surface area contributed by atoms with Gasteiger partial charge in [0.1, 0.15) is 11.3 Å². The number of hydrogen-bond acceptors (Lipinski definition) is 5. The summed E-state index contributed by atoms with van der Waals surface area (Å²) in [5, 5.41) is 13.0. The maximum absolute atomic E-state index is 12.5. The van der Waals surface area contributed by atoms with Crippen molar-refractivity contribution < 1.29 is 14.3 Å². The van der Waals surface area contributed by atoms with Gasteiger partial charge < -0.3 is 9.94 Å². The number of nitrogens with zero attached hydrogens (tertiary/aromatic N) is 3. The number of benzene rings is 2. The lowest BCUT2D eigenvalue weighted by molar-refractivity contribution is -0.354. The van der Waals surface area contributed by atoms with E-state index in [-0.39, 0.29) is 17.9 Å². The Bertz CT molecular complexity index is 974. The van der Waals surface area contributed by atoms with E-state index in [4.69, 9.17) is 16.3 Å². The Morgan fingerprint density at radius 3 is 2.56 bits per heavy atom. The van der Waals surface area contributed by atoms with Crippen molar-refractivity contribution in [3.8, 4) is 11.4 Å². The molecule has 1 aromatic heterocycles. The molecule has 3 aromatic rings. The van der Waals surface area contributed by atoms with Gasteiger partial charge in [0.05, 0.1) is 6.61 Å². The average molecular weight is 382 g/mol. The van der Waals surface area contributed by atoms with Gasteiger partial charge in [0.25, 0.3) is 0 Å². The zero-order chi connectivity index (χ0) is 19.2. The Kier molecular flexibility index (Phi) is 5.78. The number of halogens is 1. The van der Waals surface area contributed by atoms with Crippen LogP contribution in [0.15, 0.2) is 60.8 Å². The van der Waals surface area contributed by atoms with E-state index < -0.39 is 5.97 Å². The van der Waals surface area contributed by atoms with E-state index >= 15 is 0 Å². The second-order valence-corrected chi connectivity index (χ2v) is 5.95. The predicted molar refractivity (Wildman–Crippen MR) is 103 cm³/mol. The molecule has 6 nitrogen and oxygen atoms in total. The summed E-state index contributed by atoms with van der Waals surface area (Å²) in [4.78, 5) is 20.8. The summed E-state index contributed by atoms with van der Waals surface area (Å²) in [6, 6.07) is 15.7. The summed E-state index contributed by atoms with van der Waals surface area (Å²) >= 11 is 5.85. The standard InChI is InChI=1S/C20H16ClN3O3/c1-2-27-20(25)17-12-22-19(14-6-4-3-5-7-14)23-18(17)13-24(26)16-10-8-15(21)9-11-16/h3-13H,2H2,1H3. The first-order valence-electron chi connectivity index (χ1n) is 8.25. The van der Waals surface area contributed by atoms with Crippen molar-refractivity contribution in [2.75, 3.05) is 6.61 Å². The fraction of sp³-hybridized carbons (Fsp3) is 0.100. The molecule has 2 aromatic carbocycles. The highest BCUT2D eigenvalue weighted by molar-refractivity contribution is 6.30. The monoisotopic (exact) mass is 381 g/mol. The first kappa shape index (κ1) is 18.5. The smallest absolute Gasteiger partial charge is 0.342 e. The lowest BCUT2D eigenvalue weighted by Crippen LogP contribution is -2.13. The largest absolute Gasteiger partial charge is 0.618 e. The number of ether oxygens (including phenoxy) is 1. The van der Waals surface area contributed by atoms with Gasteiger partial charge in [-0.1, -0.05) is 41.9 Å². The molecular weight excluding hydrogens is 366 g/mol. The van der Waals surface area contributed by atoms with Crippen LogP contribution in [0.4, 0.5) is 5.69 Å². The van der Waals surface area contributed by atoms with Gasteiger partial charge in [-0.25, -0.2) is 14.8 Å². The molecule has 0 bridgehead atoms. The highest BCUT2D eigenvalue weighted by atomic mass is 35.5. The second kappa shape index (κ2) is 8.42. The molecule has 0 N–H and O–H groups in total. The van der Waals surface area contributed by atoms with Crippen LogP contribution in [0.2, 0.25) is 5.02 Å². The normalized spacial score (nSPS) is 11.3. The van der Waals surface area contributed by atoms with Crippen LogP contribution in [0.1, 0.15) is 23.0 Å². The molecule has 0 fully saturated rings. The molecule has 0 aliphatic carbocycles. The SMILES string of the molecule is CCOC(=O)c1cnc(-c2ccccc2)nc1C=[N+]([O-])c1ccc(Cl)cc1. The number of carbonyl (C=O) groups excluding carboxylic acids is 1. The average Bonchev–Trinajstić information content (AvgIpc) is 2.69. The first-order valence-corrected chi connectivity index (χ1v) is 8.62. The van der Waals surface area contributed by atoms with Crippen LogP contribution in [0.3, 0.4) is 0 Å². The first-order chi connectivity index (χ1) is 13.1. The minimum absolute atomic E-state index is 0.117. The van der Waals surface area contributed by atoms with Crippen molar-refractivity contribution in [1.82, 2.24) is 9.97 Å². The topological polar surface area (TPSA) is 78.1 Å². The summed E-state index contributed by atoms with van der Waals surface area (Å²) in [5.41, 5.74) is 1.42. The van der Waals surface area contributed by atoms with Crippen molar-refractivity contribution in [1.29, 1.82) is 0 Å². The molecule has 0 spiro atoms. The van der Waals surface area contributed by atoms with Crippen LogP contribution in [0.5, 0.6) is 0 Å². The van der Waals surface area contributed by atoms with Crippen molar-refractivity contribution in [3.05, 3.63) is 82.3 Å². The van der Waals surface area contributed by atoms with E-state index in [2.05, 4.69) is 9.97 Å². The third-order valence-electron chi connectivity index (χ3n) is 3.67. The Morgan fingerprint density at radius 1 is 1.19 bits per heavy atom. The molecule has 7 heteroatoms. The predicted octanol–water partition coefficient (Wildman–Crippen LogP) is 4.23. The van der Waals surface area contributed by atoms with Gasteiger partial charge in [0.2, 0.25) is 11.9 Å².